The van der Waals surface area contributed by atoms with Gasteiger partial charge in [-0.05, 0) is 50.4 Å². The number of rotatable bonds is 7. The third kappa shape index (κ3) is 5.51. The molecule has 2 heterocycles. The van der Waals surface area contributed by atoms with E-state index in [0.29, 0.717) is 12.0 Å². The zero-order chi connectivity index (χ0) is 19.1. The lowest BCUT2D eigenvalue weighted by Gasteiger charge is -2.23. The molecule has 0 aliphatic carbocycles. The lowest BCUT2D eigenvalue weighted by Crippen LogP contribution is -2.46. The molecule has 1 aromatic rings. The van der Waals surface area contributed by atoms with Crippen molar-refractivity contribution < 1.29 is 4.74 Å². The number of benzene rings is 1. The normalized spacial score (nSPS) is 22.1. The highest BCUT2D eigenvalue weighted by Crippen LogP contribution is 2.30. The van der Waals surface area contributed by atoms with E-state index in [1.54, 1.807) is 7.11 Å². The third-order valence-corrected chi connectivity index (χ3v) is 5.57. The predicted octanol–water partition coefficient (Wildman–Crippen LogP) is 2.17. The van der Waals surface area contributed by atoms with Crippen LogP contribution in [0.15, 0.2) is 29.3 Å². The molecule has 0 radical (unpaired) electrons. The molecular weight excluding hydrogens is 338 g/mol. The number of nitrogens with one attached hydrogen (secondary N) is 2. The fourth-order valence-electron chi connectivity index (χ4n) is 4.12. The number of hydrogen-bond acceptors (Lipinski definition) is 4. The van der Waals surface area contributed by atoms with Gasteiger partial charge in [0.05, 0.1) is 12.8 Å². The molecule has 3 rings (SSSR count). The van der Waals surface area contributed by atoms with Crippen molar-refractivity contribution in [3.63, 3.8) is 0 Å². The van der Waals surface area contributed by atoms with Gasteiger partial charge < -0.3 is 25.2 Å². The molecule has 2 aliphatic rings. The number of para-hydroxylation sites is 2. The van der Waals surface area contributed by atoms with E-state index in [1.165, 1.54) is 38.2 Å². The maximum atomic E-state index is 5.51. The molecule has 1 aromatic carbocycles. The maximum absolute atomic E-state index is 5.51. The van der Waals surface area contributed by atoms with Crippen LogP contribution in [0.1, 0.15) is 26.2 Å². The largest absolute Gasteiger partial charge is 0.495 e. The molecule has 6 heteroatoms. The fraction of sp³-hybridized carbons (Fsp3) is 0.667. The van der Waals surface area contributed by atoms with Gasteiger partial charge in [-0.3, -0.25) is 4.99 Å². The first-order chi connectivity index (χ1) is 13.2. The summed E-state index contributed by atoms with van der Waals surface area (Å²) in [5.41, 5.74) is 1.17. The van der Waals surface area contributed by atoms with Crippen LogP contribution in [0.2, 0.25) is 0 Å². The van der Waals surface area contributed by atoms with Crippen LogP contribution in [0.5, 0.6) is 5.75 Å². The van der Waals surface area contributed by atoms with Crippen LogP contribution in [-0.2, 0) is 0 Å². The van der Waals surface area contributed by atoms with E-state index in [0.717, 1.165) is 37.8 Å². The minimum atomic E-state index is 0.398. The fourth-order valence-corrected chi connectivity index (χ4v) is 4.12. The summed E-state index contributed by atoms with van der Waals surface area (Å²) in [7, 11) is 3.59. The van der Waals surface area contributed by atoms with Crippen molar-refractivity contribution in [1.82, 2.24) is 15.5 Å². The number of likely N-dealkylation sites (tertiary alicyclic amines) is 1. The molecular formula is C21H35N5O. The Labute approximate surface area is 164 Å². The number of aliphatic imine (C=N–C) groups is 1. The standard InChI is InChI=1S/C21H35N5O/c1-17(15-25-11-6-7-12-25)14-23-21(22-2)24-18-10-13-26(16-18)19-8-4-5-9-20(19)27-3/h4-5,8-9,17-18H,6-7,10-16H2,1-3H3,(H2,22,23,24). The Morgan fingerprint density at radius 1 is 1.26 bits per heavy atom. The van der Waals surface area contributed by atoms with Crippen LogP contribution in [0.4, 0.5) is 5.69 Å². The molecule has 2 saturated heterocycles. The van der Waals surface area contributed by atoms with Crippen LogP contribution < -0.4 is 20.3 Å². The number of nitrogens with zero attached hydrogens (tertiary/aromatic N) is 3. The molecule has 27 heavy (non-hydrogen) atoms. The monoisotopic (exact) mass is 373 g/mol. The Hall–Kier alpha value is -1.95. The van der Waals surface area contributed by atoms with E-state index in [2.05, 4.69) is 44.5 Å². The van der Waals surface area contributed by atoms with E-state index in [4.69, 9.17) is 4.74 Å². The smallest absolute Gasteiger partial charge is 0.191 e. The highest BCUT2D eigenvalue weighted by Gasteiger charge is 2.25. The summed E-state index contributed by atoms with van der Waals surface area (Å²) in [4.78, 5) is 9.39. The van der Waals surface area contributed by atoms with Crippen molar-refractivity contribution in [3.05, 3.63) is 24.3 Å². The summed E-state index contributed by atoms with van der Waals surface area (Å²) in [6.45, 7) is 8.97. The zero-order valence-electron chi connectivity index (χ0n) is 17.1. The van der Waals surface area contributed by atoms with Crippen LogP contribution in [-0.4, -0.2) is 70.3 Å². The van der Waals surface area contributed by atoms with Gasteiger partial charge in [0.1, 0.15) is 5.75 Å². The highest BCUT2D eigenvalue weighted by molar-refractivity contribution is 5.80. The van der Waals surface area contributed by atoms with Crippen LogP contribution in [0.25, 0.3) is 0 Å². The second-order valence-corrected chi connectivity index (χ2v) is 7.81. The van der Waals surface area contributed by atoms with Gasteiger partial charge in [0.15, 0.2) is 5.96 Å². The third-order valence-electron chi connectivity index (χ3n) is 5.57. The highest BCUT2D eigenvalue weighted by atomic mass is 16.5. The van der Waals surface area contributed by atoms with Gasteiger partial charge in [-0.25, -0.2) is 0 Å². The van der Waals surface area contributed by atoms with E-state index in [1.807, 2.05) is 19.2 Å². The first kappa shape index (κ1) is 19.8. The quantitative estimate of drug-likeness (QED) is 0.567. The zero-order valence-corrected chi connectivity index (χ0v) is 17.1. The molecule has 0 spiro atoms. The molecule has 2 N–H and O–H groups in total. The number of anilines is 1. The second kappa shape index (κ2) is 9.83. The van der Waals surface area contributed by atoms with E-state index < -0.39 is 0 Å². The topological polar surface area (TPSA) is 52.1 Å². The number of hydrogen-bond donors (Lipinski definition) is 2. The SMILES string of the molecule is CN=C(NCC(C)CN1CCCC1)NC1CCN(c2ccccc2OC)C1. The summed E-state index contributed by atoms with van der Waals surface area (Å²) in [5, 5.41) is 7.11. The summed E-state index contributed by atoms with van der Waals surface area (Å²) >= 11 is 0. The molecule has 2 fully saturated rings. The summed E-state index contributed by atoms with van der Waals surface area (Å²) in [5.74, 6) is 2.47. The summed E-state index contributed by atoms with van der Waals surface area (Å²) in [6.07, 6.45) is 3.81. The van der Waals surface area contributed by atoms with Crippen molar-refractivity contribution in [2.24, 2.45) is 10.9 Å². The van der Waals surface area contributed by atoms with Crippen molar-refractivity contribution in [2.45, 2.75) is 32.2 Å². The molecule has 150 valence electrons. The van der Waals surface area contributed by atoms with E-state index in [9.17, 15) is 0 Å². The van der Waals surface area contributed by atoms with Gasteiger partial charge in [-0.1, -0.05) is 19.1 Å². The van der Waals surface area contributed by atoms with Gasteiger partial charge in [0.25, 0.3) is 0 Å². The summed E-state index contributed by atoms with van der Waals surface area (Å²) in [6, 6.07) is 8.64. The van der Waals surface area contributed by atoms with Gasteiger partial charge in [0, 0.05) is 39.3 Å². The van der Waals surface area contributed by atoms with Crippen LogP contribution in [0.3, 0.4) is 0 Å². The predicted molar refractivity (Wildman–Crippen MR) is 113 cm³/mol. The Kier molecular flexibility index (Phi) is 7.21. The molecule has 6 nitrogen and oxygen atoms in total. The van der Waals surface area contributed by atoms with Crippen molar-refractivity contribution in [3.8, 4) is 5.75 Å². The lowest BCUT2D eigenvalue weighted by atomic mass is 10.1. The molecule has 2 aliphatic heterocycles. The lowest BCUT2D eigenvalue weighted by molar-refractivity contribution is 0.287. The van der Waals surface area contributed by atoms with Crippen molar-refractivity contribution >= 4 is 11.6 Å². The Morgan fingerprint density at radius 3 is 2.78 bits per heavy atom. The Morgan fingerprint density at radius 2 is 2.04 bits per heavy atom. The number of ether oxygens (including phenoxy) is 1. The molecule has 0 aromatic heterocycles. The average Bonchev–Trinajstić information content (AvgIpc) is 3.37. The number of guanidine groups is 1. The first-order valence-corrected chi connectivity index (χ1v) is 10.3. The molecule has 0 amide bonds. The molecule has 2 atom stereocenters. The van der Waals surface area contributed by atoms with Crippen LogP contribution in [0, 0.1) is 5.92 Å². The van der Waals surface area contributed by atoms with Crippen LogP contribution >= 0.6 is 0 Å². The van der Waals surface area contributed by atoms with Gasteiger partial charge in [-0.2, -0.15) is 0 Å². The minimum absolute atomic E-state index is 0.398. The molecule has 2 unspecified atom stereocenters. The van der Waals surface area contributed by atoms with Crippen molar-refractivity contribution in [2.75, 3.05) is 58.3 Å². The minimum Gasteiger partial charge on any atom is -0.495 e. The van der Waals surface area contributed by atoms with Gasteiger partial charge in [-0.15, -0.1) is 0 Å². The molecule has 0 bridgehead atoms. The average molecular weight is 374 g/mol. The number of methoxy groups -OCH3 is 1. The van der Waals surface area contributed by atoms with E-state index in [-0.39, 0.29) is 0 Å². The van der Waals surface area contributed by atoms with Gasteiger partial charge >= 0.3 is 0 Å². The maximum Gasteiger partial charge on any atom is 0.191 e. The summed E-state index contributed by atoms with van der Waals surface area (Å²) < 4.78 is 5.51. The second-order valence-electron chi connectivity index (χ2n) is 7.81. The first-order valence-electron chi connectivity index (χ1n) is 10.3. The molecule has 0 saturated carbocycles. The Balaban J connectivity index is 1.45. The van der Waals surface area contributed by atoms with Gasteiger partial charge in [0.2, 0.25) is 0 Å². The Bertz CT molecular complexity index is 614. The van der Waals surface area contributed by atoms with E-state index >= 15 is 0 Å². The van der Waals surface area contributed by atoms with Crippen molar-refractivity contribution in [1.29, 1.82) is 0 Å².